The molecule has 0 unspecified atom stereocenters. The van der Waals surface area contributed by atoms with Crippen molar-refractivity contribution in [3.8, 4) is 17.2 Å². The van der Waals surface area contributed by atoms with Gasteiger partial charge >= 0.3 is 0 Å². The molecular formula is C17H23N3O3Si. The minimum atomic E-state index is -1.11. The molecule has 0 aliphatic heterocycles. The van der Waals surface area contributed by atoms with Gasteiger partial charge in [-0.1, -0.05) is 19.6 Å². The van der Waals surface area contributed by atoms with Crippen molar-refractivity contribution >= 4 is 19.0 Å². The first kappa shape index (κ1) is 16.7. The zero-order valence-electron chi connectivity index (χ0n) is 14.5. The number of nitrogens with zero attached hydrogens (tertiary/aromatic N) is 3. The molecule has 0 radical (unpaired) electrons. The second-order valence-electron chi connectivity index (χ2n) is 7.14. The molecule has 0 bridgehead atoms. The fraction of sp³-hybridized carbons (Fsp3) is 0.412. The Labute approximate surface area is 142 Å². The molecule has 0 saturated heterocycles. The van der Waals surface area contributed by atoms with E-state index >= 15 is 0 Å². The summed E-state index contributed by atoms with van der Waals surface area (Å²) in [6.45, 7) is 9.87. The van der Waals surface area contributed by atoms with Gasteiger partial charge in [0, 0.05) is 27.0 Å². The third-order valence-electron chi connectivity index (χ3n) is 3.80. The van der Waals surface area contributed by atoms with Crippen LogP contribution in [0.3, 0.4) is 0 Å². The van der Waals surface area contributed by atoms with Crippen LogP contribution in [0.5, 0.6) is 5.75 Å². The van der Waals surface area contributed by atoms with Crippen molar-refractivity contribution in [3.63, 3.8) is 0 Å². The lowest BCUT2D eigenvalue weighted by atomic mass is 10.2. The van der Waals surface area contributed by atoms with Gasteiger partial charge in [-0.2, -0.15) is 5.10 Å². The molecule has 0 spiro atoms. The summed E-state index contributed by atoms with van der Waals surface area (Å²) in [5.74, 6) is 1.36. The monoisotopic (exact) mass is 345 g/mol. The second kappa shape index (κ2) is 6.41. The molecule has 1 aromatic carbocycles. The van der Waals surface area contributed by atoms with E-state index < -0.39 is 8.07 Å². The predicted octanol–water partition coefficient (Wildman–Crippen LogP) is 4.02. The Morgan fingerprint density at radius 3 is 2.75 bits per heavy atom. The Kier molecular flexibility index (Phi) is 4.47. The molecule has 2 heterocycles. The summed E-state index contributed by atoms with van der Waals surface area (Å²) < 4.78 is 13.2. The van der Waals surface area contributed by atoms with E-state index in [1.807, 2.05) is 6.07 Å². The first-order valence-corrected chi connectivity index (χ1v) is 11.7. The number of aromatic hydroxyl groups is 1. The van der Waals surface area contributed by atoms with Crippen LogP contribution in [-0.2, 0) is 11.5 Å². The van der Waals surface area contributed by atoms with Crippen LogP contribution in [0.4, 0.5) is 0 Å². The van der Waals surface area contributed by atoms with Crippen LogP contribution in [0.25, 0.3) is 22.4 Å². The van der Waals surface area contributed by atoms with Crippen molar-refractivity contribution in [2.75, 3.05) is 6.61 Å². The SMILES string of the molecule is Cc1ncc(-c2nn(COCC[Si](C)(C)C)c3ccc(O)cc23)o1. The van der Waals surface area contributed by atoms with Gasteiger partial charge in [-0.15, -0.1) is 0 Å². The van der Waals surface area contributed by atoms with Gasteiger partial charge in [0.1, 0.15) is 18.2 Å². The number of aromatic nitrogens is 3. The molecule has 0 aliphatic carbocycles. The van der Waals surface area contributed by atoms with Crippen molar-refractivity contribution in [1.82, 2.24) is 14.8 Å². The van der Waals surface area contributed by atoms with Crippen LogP contribution in [0.15, 0.2) is 28.8 Å². The summed E-state index contributed by atoms with van der Waals surface area (Å²) in [6, 6.07) is 6.29. The molecule has 1 N–H and O–H groups in total. The summed E-state index contributed by atoms with van der Waals surface area (Å²) >= 11 is 0. The Balaban J connectivity index is 1.88. The maximum Gasteiger partial charge on any atom is 0.191 e. The summed E-state index contributed by atoms with van der Waals surface area (Å²) in [4.78, 5) is 4.13. The van der Waals surface area contributed by atoms with Crippen molar-refractivity contribution < 1.29 is 14.3 Å². The van der Waals surface area contributed by atoms with E-state index in [1.54, 1.807) is 29.9 Å². The highest BCUT2D eigenvalue weighted by Gasteiger charge is 2.17. The number of fused-ring (bicyclic) bond motifs is 1. The molecule has 0 atom stereocenters. The molecule has 6 nitrogen and oxygen atoms in total. The lowest BCUT2D eigenvalue weighted by Gasteiger charge is -2.15. The van der Waals surface area contributed by atoms with Gasteiger partial charge in [-0.3, -0.25) is 0 Å². The molecule has 24 heavy (non-hydrogen) atoms. The van der Waals surface area contributed by atoms with Gasteiger partial charge in [-0.25, -0.2) is 9.67 Å². The molecular weight excluding hydrogens is 322 g/mol. The minimum absolute atomic E-state index is 0.194. The summed E-state index contributed by atoms with van der Waals surface area (Å²) in [5, 5.41) is 15.2. The Morgan fingerprint density at radius 1 is 1.29 bits per heavy atom. The number of oxazole rings is 1. The topological polar surface area (TPSA) is 73.3 Å². The standard InChI is InChI=1S/C17H23N3O3Si/c1-12-18-10-16(23-12)17-14-9-13(21)5-6-15(14)20(19-17)11-22-7-8-24(2,3)4/h5-6,9-10,21H,7-8,11H2,1-4H3. The third-order valence-corrected chi connectivity index (χ3v) is 5.50. The lowest BCUT2D eigenvalue weighted by Crippen LogP contribution is -2.22. The molecule has 128 valence electrons. The molecule has 3 rings (SSSR count). The van der Waals surface area contributed by atoms with Crippen LogP contribution in [0.2, 0.25) is 25.7 Å². The van der Waals surface area contributed by atoms with E-state index in [0.717, 1.165) is 23.6 Å². The van der Waals surface area contributed by atoms with Gasteiger partial charge in [-0.05, 0) is 24.2 Å². The Hall–Kier alpha value is -2.12. The normalized spacial score (nSPS) is 12.2. The molecule has 0 aliphatic rings. The van der Waals surface area contributed by atoms with Gasteiger partial charge in [0.05, 0.1) is 11.7 Å². The van der Waals surface area contributed by atoms with E-state index in [1.165, 1.54) is 0 Å². The number of hydrogen-bond acceptors (Lipinski definition) is 5. The Morgan fingerprint density at radius 2 is 2.08 bits per heavy atom. The lowest BCUT2D eigenvalue weighted by molar-refractivity contribution is 0.0818. The van der Waals surface area contributed by atoms with Gasteiger partial charge < -0.3 is 14.3 Å². The van der Waals surface area contributed by atoms with Crippen molar-refractivity contribution in [1.29, 1.82) is 0 Å². The van der Waals surface area contributed by atoms with E-state index in [0.29, 0.717) is 24.1 Å². The summed E-state index contributed by atoms with van der Waals surface area (Å²) in [6.07, 6.45) is 1.65. The summed E-state index contributed by atoms with van der Waals surface area (Å²) in [5.41, 5.74) is 1.56. The van der Waals surface area contributed by atoms with E-state index in [4.69, 9.17) is 9.15 Å². The number of aryl methyl sites for hydroxylation is 1. The Bertz CT molecular complexity index is 848. The zero-order chi connectivity index (χ0) is 17.3. The molecule has 0 saturated carbocycles. The fourth-order valence-electron chi connectivity index (χ4n) is 2.45. The smallest absolute Gasteiger partial charge is 0.191 e. The van der Waals surface area contributed by atoms with Gasteiger partial charge in [0.15, 0.2) is 11.7 Å². The third kappa shape index (κ3) is 3.68. The molecule has 7 heteroatoms. The number of rotatable bonds is 6. The van der Waals surface area contributed by atoms with Crippen molar-refractivity contribution in [2.45, 2.75) is 39.3 Å². The number of hydrogen-bond donors (Lipinski definition) is 1. The quantitative estimate of drug-likeness (QED) is 0.539. The fourth-order valence-corrected chi connectivity index (χ4v) is 3.20. The van der Waals surface area contributed by atoms with E-state index in [2.05, 4.69) is 29.7 Å². The number of ether oxygens (including phenoxy) is 1. The van der Waals surface area contributed by atoms with Gasteiger partial charge in [0.2, 0.25) is 0 Å². The highest BCUT2D eigenvalue weighted by Crippen LogP contribution is 2.31. The first-order chi connectivity index (χ1) is 11.3. The zero-order valence-corrected chi connectivity index (χ0v) is 15.5. The molecule has 2 aromatic heterocycles. The molecule has 0 amide bonds. The minimum Gasteiger partial charge on any atom is -0.508 e. The molecule has 3 aromatic rings. The summed E-state index contributed by atoms with van der Waals surface area (Å²) in [7, 11) is -1.11. The van der Waals surface area contributed by atoms with Crippen molar-refractivity contribution in [2.24, 2.45) is 0 Å². The second-order valence-corrected chi connectivity index (χ2v) is 12.8. The average molecular weight is 345 g/mol. The maximum atomic E-state index is 9.81. The number of benzene rings is 1. The first-order valence-electron chi connectivity index (χ1n) is 8.03. The highest BCUT2D eigenvalue weighted by molar-refractivity contribution is 6.76. The van der Waals surface area contributed by atoms with Crippen molar-refractivity contribution in [3.05, 3.63) is 30.3 Å². The maximum absolute atomic E-state index is 9.81. The van der Waals surface area contributed by atoms with Crippen LogP contribution in [0.1, 0.15) is 5.89 Å². The van der Waals surface area contributed by atoms with Gasteiger partial charge in [0.25, 0.3) is 0 Å². The van der Waals surface area contributed by atoms with Crippen LogP contribution < -0.4 is 0 Å². The van der Waals surface area contributed by atoms with Crippen LogP contribution >= 0.6 is 0 Å². The highest BCUT2D eigenvalue weighted by atomic mass is 28.3. The van der Waals surface area contributed by atoms with Crippen LogP contribution in [0, 0.1) is 6.92 Å². The number of phenolic OH excluding ortho intramolecular Hbond substituents is 1. The predicted molar refractivity (Wildman–Crippen MR) is 95.7 cm³/mol. The van der Waals surface area contributed by atoms with E-state index in [-0.39, 0.29) is 5.75 Å². The van der Waals surface area contributed by atoms with Crippen LogP contribution in [-0.4, -0.2) is 34.6 Å². The number of phenols is 1. The largest absolute Gasteiger partial charge is 0.508 e. The molecule has 0 fully saturated rings. The average Bonchev–Trinajstić information content (AvgIpc) is 3.06. The van der Waals surface area contributed by atoms with E-state index in [9.17, 15) is 5.11 Å².